The van der Waals surface area contributed by atoms with Gasteiger partial charge >= 0.3 is 0 Å². The van der Waals surface area contributed by atoms with Crippen LogP contribution in [0.5, 0.6) is 0 Å². The predicted molar refractivity (Wildman–Crippen MR) is 55.2 cm³/mol. The van der Waals surface area contributed by atoms with Gasteiger partial charge in [-0.1, -0.05) is 12.8 Å². The molecule has 2 rings (SSSR count). The molecule has 14 heavy (non-hydrogen) atoms. The second kappa shape index (κ2) is 5.10. The second-order valence-corrected chi connectivity index (χ2v) is 4.59. The van der Waals surface area contributed by atoms with Crippen LogP contribution in [0.25, 0.3) is 0 Å². The minimum atomic E-state index is 0.0603. The van der Waals surface area contributed by atoms with E-state index in [0.29, 0.717) is 0 Å². The Balaban J connectivity index is 1.73. The molecule has 1 aliphatic carbocycles. The van der Waals surface area contributed by atoms with Gasteiger partial charge in [-0.2, -0.15) is 0 Å². The van der Waals surface area contributed by atoms with Crippen LogP contribution >= 0.6 is 0 Å². The first-order chi connectivity index (χ1) is 6.88. The van der Waals surface area contributed by atoms with Crippen LogP contribution in [0.1, 0.15) is 25.7 Å². The van der Waals surface area contributed by atoms with Gasteiger partial charge in [0.2, 0.25) is 0 Å². The summed E-state index contributed by atoms with van der Waals surface area (Å²) in [5, 5.41) is 9.02. The van der Waals surface area contributed by atoms with Gasteiger partial charge in [0.15, 0.2) is 0 Å². The number of rotatable bonds is 3. The molecule has 0 amide bonds. The van der Waals surface area contributed by atoms with Gasteiger partial charge in [0.05, 0.1) is 19.3 Å². The Morgan fingerprint density at radius 2 is 2.07 bits per heavy atom. The summed E-state index contributed by atoms with van der Waals surface area (Å²) >= 11 is 0. The van der Waals surface area contributed by atoms with Crippen molar-refractivity contribution in [2.45, 2.75) is 31.8 Å². The van der Waals surface area contributed by atoms with E-state index in [4.69, 9.17) is 9.84 Å². The van der Waals surface area contributed by atoms with Gasteiger partial charge in [-0.05, 0) is 18.8 Å². The van der Waals surface area contributed by atoms with E-state index in [2.05, 4.69) is 4.90 Å². The van der Waals surface area contributed by atoms with E-state index >= 15 is 0 Å². The van der Waals surface area contributed by atoms with E-state index < -0.39 is 0 Å². The van der Waals surface area contributed by atoms with E-state index in [1.807, 2.05) is 0 Å². The van der Waals surface area contributed by atoms with Crippen LogP contribution in [0.3, 0.4) is 0 Å². The van der Waals surface area contributed by atoms with E-state index in [9.17, 15) is 0 Å². The maximum atomic E-state index is 9.02. The topological polar surface area (TPSA) is 32.7 Å². The molecule has 82 valence electrons. The molecule has 1 unspecified atom stereocenters. The lowest BCUT2D eigenvalue weighted by Crippen LogP contribution is -2.45. The molecule has 1 saturated carbocycles. The number of nitrogens with zero attached hydrogens (tertiary/aromatic N) is 1. The SMILES string of the molecule is OCC1CN(CC2CCCC2)CCO1. The van der Waals surface area contributed by atoms with Crippen LogP contribution in [0.4, 0.5) is 0 Å². The third-order valence-electron chi connectivity index (χ3n) is 3.42. The van der Waals surface area contributed by atoms with Crippen LogP contribution in [-0.2, 0) is 4.74 Å². The lowest BCUT2D eigenvalue weighted by Gasteiger charge is -2.33. The summed E-state index contributed by atoms with van der Waals surface area (Å²) in [5.74, 6) is 0.910. The molecule has 3 nitrogen and oxygen atoms in total. The lowest BCUT2D eigenvalue weighted by molar-refractivity contribution is -0.0559. The van der Waals surface area contributed by atoms with Gasteiger partial charge in [0.25, 0.3) is 0 Å². The quantitative estimate of drug-likeness (QED) is 0.732. The van der Waals surface area contributed by atoms with Gasteiger partial charge in [-0.15, -0.1) is 0 Å². The molecular formula is C11H21NO2. The molecule has 0 aromatic heterocycles. The first-order valence-corrected chi connectivity index (χ1v) is 5.83. The van der Waals surface area contributed by atoms with Crippen molar-refractivity contribution < 1.29 is 9.84 Å². The Morgan fingerprint density at radius 1 is 1.29 bits per heavy atom. The zero-order valence-electron chi connectivity index (χ0n) is 8.82. The van der Waals surface area contributed by atoms with Gasteiger partial charge in [0.1, 0.15) is 0 Å². The highest BCUT2D eigenvalue weighted by Crippen LogP contribution is 2.25. The molecule has 0 bridgehead atoms. The van der Waals surface area contributed by atoms with Crippen molar-refractivity contribution in [1.82, 2.24) is 4.90 Å². The molecule has 2 fully saturated rings. The fraction of sp³-hybridized carbons (Fsp3) is 1.00. The monoisotopic (exact) mass is 199 g/mol. The Kier molecular flexibility index (Phi) is 3.79. The Hall–Kier alpha value is -0.120. The minimum absolute atomic E-state index is 0.0603. The molecule has 0 aromatic rings. The molecule has 2 aliphatic rings. The standard InChI is InChI=1S/C11H21NO2/c13-9-11-8-12(5-6-14-11)7-10-3-1-2-4-10/h10-11,13H,1-9H2. The number of hydrogen-bond donors (Lipinski definition) is 1. The van der Waals surface area contributed by atoms with Crippen molar-refractivity contribution >= 4 is 0 Å². The van der Waals surface area contributed by atoms with Gasteiger partial charge in [-0.3, -0.25) is 4.90 Å². The van der Waals surface area contributed by atoms with Crippen LogP contribution in [-0.4, -0.2) is 49.0 Å². The predicted octanol–water partition coefficient (Wildman–Crippen LogP) is 0.870. The number of morpholine rings is 1. The second-order valence-electron chi connectivity index (χ2n) is 4.59. The third kappa shape index (κ3) is 2.69. The summed E-state index contributed by atoms with van der Waals surface area (Å²) in [6.07, 6.45) is 5.70. The highest BCUT2D eigenvalue weighted by atomic mass is 16.5. The molecule has 1 heterocycles. The molecule has 3 heteroatoms. The van der Waals surface area contributed by atoms with Crippen LogP contribution in [0.2, 0.25) is 0 Å². The van der Waals surface area contributed by atoms with Crippen molar-refractivity contribution in [1.29, 1.82) is 0 Å². The number of aliphatic hydroxyl groups excluding tert-OH is 1. The first-order valence-electron chi connectivity index (χ1n) is 5.83. The summed E-state index contributed by atoms with van der Waals surface area (Å²) in [6, 6.07) is 0. The summed E-state index contributed by atoms with van der Waals surface area (Å²) < 4.78 is 5.43. The fourth-order valence-corrected chi connectivity index (χ4v) is 2.61. The maximum absolute atomic E-state index is 9.02. The van der Waals surface area contributed by atoms with Gasteiger partial charge < -0.3 is 9.84 Å². The molecule has 1 atom stereocenters. The first kappa shape index (κ1) is 10.4. The Labute approximate surface area is 86.0 Å². The Morgan fingerprint density at radius 3 is 2.79 bits per heavy atom. The van der Waals surface area contributed by atoms with Crippen LogP contribution in [0.15, 0.2) is 0 Å². The number of aliphatic hydroxyl groups is 1. The third-order valence-corrected chi connectivity index (χ3v) is 3.42. The smallest absolute Gasteiger partial charge is 0.0932 e. The molecule has 0 spiro atoms. The molecular weight excluding hydrogens is 178 g/mol. The van der Waals surface area contributed by atoms with Crippen molar-refractivity contribution in [2.75, 3.05) is 32.8 Å². The average Bonchev–Trinajstić information content (AvgIpc) is 2.71. The van der Waals surface area contributed by atoms with Crippen molar-refractivity contribution in [3.05, 3.63) is 0 Å². The van der Waals surface area contributed by atoms with Crippen LogP contribution < -0.4 is 0 Å². The average molecular weight is 199 g/mol. The molecule has 0 radical (unpaired) electrons. The molecule has 1 saturated heterocycles. The highest BCUT2D eigenvalue weighted by Gasteiger charge is 2.23. The van der Waals surface area contributed by atoms with Crippen LogP contribution in [0, 0.1) is 5.92 Å². The largest absolute Gasteiger partial charge is 0.394 e. The highest BCUT2D eigenvalue weighted by molar-refractivity contribution is 4.76. The minimum Gasteiger partial charge on any atom is -0.394 e. The zero-order chi connectivity index (χ0) is 9.80. The molecule has 0 aromatic carbocycles. The van der Waals surface area contributed by atoms with Crippen molar-refractivity contribution in [3.63, 3.8) is 0 Å². The van der Waals surface area contributed by atoms with E-state index in [1.165, 1.54) is 32.2 Å². The van der Waals surface area contributed by atoms with Gasteiger partial charge in [0, 0.05) is 19.6 Å². The van der Waals surface area contributed by atoms with Crippen molar-refractivity contribution in [3.8, 4) is 0 Å². The maximum Gasteiger partial charge on any atom is 0.0932 e. The number of ether oxygens (including phenoxy) is 1. The normalized spacial score (nSPS) is 31.1. The summed E-state index contributed by atoms with van der Waals surface area (Å²) in [7, 11) is 0. The lowest BCUT2D eigenvalue weighted by atomic mass is 10.1. The van der Waals surface area contributed by atoms with E-state index in [0.717, 1.165) is 25.6 Å². The summed E-state index contributed by atoms with van der Waals surface area (Å²) in [5.41, 5.74) is 0. The molecule has 1 N–H and O–H groups in total. The van der Waals surface area contributed by atoms with Gasteiger partial charge in [-0.25, -0.2) is 0 Å². The summed E-state index contributed by atoms with van der Waals surface area (Å²) in [4.78, 5) is 2.46. The van der Waals surface area contributed by atoms with E-state index in [-0.39, 0.29) is 12.7 Å². The van der Waals surface area contributed by atoms with Crippen molar-refractivity contribution in [2.24, 2.45) is 5.92 Å². The number of hydrogen-bond acceptors (Lipinski definition) is 3. The fourth-order valence-electron chi connectivity index (χ4n) is 2.61. The Bertz CT molecular complexity index is 169. The summed E-state index contributed by atoms with van der Waals surface area (Å²) in [6.45, 7) is 4.15. The van der Waals surface area contributed by atoms with E-state index in [1.54, 1.807) is 0 Å². The molecule has 1 aliphatic heterocycles. The zero-order valence-corrected chi connectivity index (χ0v) is 8.82.